The van der Waals surface area contributed by atoms with E-state index in [0.29, 0.717) is 22.5 Å². The second-order valence-corrected chi connectivity index (χ2v) is 4.51. The number of benzene rings is 1. The fourth-order valence-electron chi connectivity index (χ4n) is 1.62. The van der Waals surface area contributed by atoms with Crippen molar-refractivity contribution in [2.75, 3.05) is 13.7 Å². The number of rotatable bonds is 1. The van der Waals surface area contributed by atoms with Gasteiger partial charge in [-0.3, -0.25) is 10.3 Å². The van der Waals surface area contributed by atoms with Gasteiger partial charge < -0.3 is 10.1 Å². The maximum Gasteiger partial charge on any atom is 0.413 e. The van der Waals surface area contributed by atoms with Crippen molar-refractivity contribution in [3.05, 3.63) is 33.8 Å². The number of carbonyl (C=O) groups excluding carboxylic acids is 1. The molecule has 0 aromatic heterocycles. The van der Waals surface area contributed by atoms with Crippen molar-refractivity contribution in [2.45, 2.75) is 6.04 Å². The second kappa shape index (κ2) is 5.46. The summed E-state index contributed by atoms with van der Waals surface area (Å²) in [5.74, 6) is 0.364. The number of nitrogens with one attached hydrogen (secondary N) is 2. The molecule has 96 valence electrons. The second-order valence-electron chi connectivity index (χ2n) is 3.67. The van der Waals surface area contributed by atoms with Crippen LogP contribution in [0.15, 0.2) is 23.2 Å². The molecule has 1 aliphatic rings. The molecule has 18 heavy (non-hydrogen) atoms. The van der Waals surface area contributed by atoms with E-state index in [1.165, 1.54) is 7.11 Å². The van der Waals surface area contributed by atoms with E-state index in [1.54, 1.807) is 18.2 Å². The summed E-state index contributed by atoms with van der Waals surface area (Å²) < 4.78 is 4.48. The maximum atomic E-state index is 11.0. The van der Waals surface area contributed by atoms with Gasteiger partial charge in [0, 0.05) is 10.0 Å². The number of methoxy groups -OCH3 is 1. The minimum Gasteiger partial charge on any atom is -0.453 e. The van der Waals surface area contributed by atoms with Crippen LogP contribution in [-0.4, -0.2) is 25.7 Å². The zero-order valence-electron chi connectivity index (χ0n) is 9.54. The molecule has 1 aromatic rings. The van der Waals surface area contributed by atoms with Crippen molar-refractivity contribution >= 4 is 35.3 Å². The quantitative estimate of drug-likeness (QED) is 0.833. The molecule has 1 atom stereocenters. The molecule has 0 bridgehead atoms. The SMILES string of the molecule is COC(=O)NC1=NCC(c2cc(Cl)ccc2Cl)N1. The van der Waals surface area contributed by atoms with E-state index in [2.05, 4.69) is 20.4 Å². The van der Waals surface area contributed by atoms with E-state index in [9.17, 15) is 4.79 Å². The molecule has 1 aliphatic heterocycles. The number of guanidine groups is 1. The van der Waals surface area contributed by atoms with E-state index in [1.807, 2.05) is 0 Å². The number of halogens is 2. The van der Waals surface area contributed by atoms with Gasteiger partial charge in [-0.25, -0.2) is 4.79 Å². The van der Waals surface area contributed by atoms with Crippen LogP contribution in [0.25, 0.3) is 0 Å². The molecule has 2 rings (SSSR count). The molecule has 0 saturated heterocycles. The minimum atomic E-state index is -0.570. The number of hydrogen-bond acceptors (Lipinski definition) is 4. The van der Waals surface area contributed by atoms with Crippen LogP contribution in [0.5, 0.6) is 0 Å². The molecule has 0 radical (unpaired) electrons. The van der Waals surface area contributed by atoms with Gasteiger partial charge in [-0.2, -0.15) is 0 Å². The Morgan fingerprint density at radius 2 is 2.33 bits per heavy atom. The van der Waals surface area contributed by atoms with Crippen LogP contribution in [0.1, 0.15) is 11.6 Å². The first-order valence-corrected chi connectivity index (χ1v) is 5.96. The molecule has 0 aliphatic carbocycles. The van der Waals surface area contributed by atoms with E-state index >= 15 is 0 Å². The van der Waals surface area contributed by atoms with Crippen molar-refractivity contribution in [1.82, 2.24) is 10.6 Å². The van der Waals surface area contributed by atoms with Gasteiger partial charge >= 0.3 is 6.09 Å². The molecule has 1 unspecified atom stereocenters. The Morgan fingerprint density at radius 1 is 1.56 bits per heavy atom. The Morgan fingerprint density at radius 3 is 3.06 bits per heavy atom. The van der Waals surface area contributed by atoms with Crippen molar-refractivity contribution in [1.29, 1.82) is 0 Å². The zero-order chi connectivity index (χ0) is 13.1. The predicted octanol–water partition coefficient (Wildman–Crippen LogP) is 2.35. The third kappa shape index (κ3) is 2.86. The minimum absolute atomic E-state index is 0.108. The number of carbonyl (C=O) groups is 1. The highest BCUT2D eigenvalue weighted by molar-refractivity contribution is 6.33. The molecule has 7 heteroatoms. The highest BCUT2D eigenvalue weighted by Crippen LogP contribution is 2.27. The number of nitrogens with zero attached hydrogens (tertiary/aromatic N) is 1. The summed E-state index contributed by atoms with van der Waals surface area (Å²) in [6.07, 6.45) is -0.570. The van der Waals surface area contributed by atoms with Crippen LogP contribution in [0.2, 0.25) is 10.0 Å². The van der Waals surface area contributed by atoms with Gasteiger partial charge in [-0.1, -0.05) is 23.2 Å². The molecule has 1 heterocycles. The largest absolute Gasteiger partial charge is 0.453 e. The Hall–Kier alpha value is -1.46. The van der Waals surface area contributed by atoms with Gasteiger partial charge in [0.2, 0.25) is 5.96 Å². The van der Waals surface area contributed by atoms with Gasteiger partial charge in [-0.05, 0) is 23.8 Å². The van der Waals surface area contributed by atoms with Gasteiger partial charge in [0.1, 0.15) is 0 Å². The van der Waals surface area contributed by atoms with Crippen molar-refractivity contribution in [3.63, 3.8) is 0 Å². The van der Waals surface area contributed by atoms with Crippen LogP contribution in [0.4, 0.5) is 4.79 Å². The summed E-state index contributed by atoms with van der Waals surface area (Å²) >= 11 is 12.0. The number of aliphatic imine (C=N–C) groups is 1. The van der Waals surface area contributed by atoms with E-state index in [-0.39, 0.29) is 6.04 Å². The third-order valence-electron chi connectivity index (χ3n) is 2.48. The summed E-state index contributed by atoms with van der Waals surface area (Å²) in [6.45, 7) is 0.472. The summed E-state index contributed by atoms with van der Waals surface area (Å²) in [5.41, 5.74) is 0.842. The van der Waals surface area contributed by atoms with Crippen LogP contribution in [0, 0.1) is 0 Å². The monoisotopic (exact) mass is 287 g/mol. The molecule has 1 aromatic carbocycles. The first-order valence-electron chi connectivity index (χ1n) is 5.21. The molecular formula is C11H11Cl2N3O2. The smallest absolute Gasteiger partial charge is 0.413 e. The van der Waals surface area contributed by atoms with Gasteiger partial charge in [0.15, 0.2) is 0 Å². The number of ether oxygens (including phenoxy) is 1. The van der Waals surface area contributed by atoms with E-state index in [0.717, 1.165) is 5.56 Å². The summed E-state index contributed by atoms with van der Waals surface area (Å²) in [6, 6.07) is 5.12. The average Bonchev–Trinajstić information content (AvgIpc) is 2.80. The number of amides is 1. The number of alkyl carbamates (subject to hydrolysis) is 1. The van der Waals surface area contributed by atoms with Crippen LogP contribution < -0.4 is 10.6 Å². The van der Waals surface area contributed by atoms with Crippen molar-refractivity contribution < 1.29 is 9.53 Å². The fraction of sp³-hybridized carbons (Fsp3) is 0.273. The van der Waals surface area contributed by atoms with E-state index < -0.39 is 6.09 Å². The predicted molar refractivity (Wildman–Crippen MR) is 70.2 cm³/mol. The molecule has 5 nitrogen and oxygen atoms in total. The lowest BCUT2D eigenvalue weighted by Gasteiger charge is -2.14. The van der Waals surface area contributed by atoms with Gasteiger partial charge in [0.05, 0.1) is 19.7 Å². The Kier molecular flexibility index (Phi) is 3.93. The molecule has 0 spiro atoms. The topological polar surface area (TPSA) is 62.7 Å². The Labute approximate surface area is 114 Å². The molecule has 0 saturated carbocycles. The maximum absolute atomic E-state index is 11.0. The Balaban J connectivity index is 2.06. The highest BCUT2D eigenvalue weighted by Gasteiger charge is 2.22. The van der Waals surface area contributed by atoms with Crippen LogP contribution >= 0.6 is 23.2 Å². The summed E-state index contributed by atoms with van der Waals surface area (Å²) in [7, 11) is 1.29. The fourth-order valence-corrected chi connectivity index (χ4v) is 2.05. The lowest BCUT2D eigenvalue weighted by Crippen LogP contribution is -2.39. The Bertz CT molecular complexity index is 505. The standard InChI is InChI=1S/C11H11Cl2N3O2/c1-18-11(17)16-10-14-5-9(15-10)7-4-6(12)2-3-8(7)13/h2-4,9H,5H2,1H3,(H2,14,15,16,17). The molecule has 0 fully saturated rings. The average molecular weight is 288 g/mol. The third-order valence-corrected chi connectivity index (χ3v) is 3.06. The molecule has 1 amide bonds. The van der Waals surface area contributed by atoms with Crippen LogP contribution in [-0.2, 0) is 4.74 Å². The summed E-state index contributed by atoms with van der Waals surface area (Å²) in [5, 5.41) is 6.71. The summed E-state index contributed by atoms with van der Waals surface area (Å²) in [4.78, 5) is 15.2. The zero-order valence-corrected chi connectivity index (χ0v) is 11.0. The first-order chi connectivity index (χ1) is 8.60. The molecule has 2 N–H and O–H groups in total. The first kappa shape index (κ1) is 13.0. The lowest BCUT2D eigenvalue weighted by molar-refractivity contribution is 0.176. The van der Waals surface area contributed by atoms with Crippen LogP contribution in [0.3, 0.4) is 0 Å². The molecular weight excluding hydrogens is 277 g/mol. The van der Waals surface area contributed by atoms with Gasteiger partial charge in [0.25, 0.3) is 0 Å². The highest BCUT2D eigenvalue weighted by atomic mass is 35.5. The normalized spacial score (nSPS) is 17.9. The van der Waals surface area contributed by atoms with Crippen molar-refractivity contribution in [3.8, 4) is 0 Å². The lowest BCUT2D eigenvalue weighted by atomic mass is 10.1. The number of hydrogen-bond donors (Lipinski definition) is 2. The van der Waals surface area contributed by atoms with Crippen molar-refractivity contribution in [2.24, 2.45) is 4.99 Å². The van der Waals surface area contributed by atoms with Gasteiger partial charge in [-0.15, -0.1) is 0 Å². The van der Waals surface area contributed by atoms with E-state index in [4.69, 9.17) is 23.2 Å².